The highest BCUT2D eigenvalue weighted by Crippen LogP contribution is 2.27. The number of benzene rings is 2. The van der Waals surface area contributed by atoms with Crippen LogP contribution in [0.4, 0.5) is 5.69 Å². The summed E-state index contributed by atoms with van der Waals surface area (Å²) in [5, 5.41) is 11.9. The van der Waals surface area contributed by atoms with Crippen molar-refractivity contribution in [2.45, 2.75) is 0 Å². The molecule has 0 atom stereocenters. The molecular weight excluding hydrogens is 258 g/mol. The number of ether oxygens (including phenoxy) is 2. The minimum atomic E-state index is -0.267. The first-order chi connectivity index (χ1) is 9.63. The lowest BCUT2D eigenvalue weighted by atomic mass is 10.2. The van der Waals surface area contributed by atoms with Crippen molar-refractivity contribution in [2.75, 3.05) is 19.5 Å². The van der Waals surface area contributed by atoms with Crippen molar-refractivity contribution in [1.82, 2.24) is 0 Å². The Labute approximate surface area is 116 Å². The van der Waals surface area contributed by atoms with Gasteiger partial charge in [0.25, 0.3) is 5.91 Å². The van der Waals surface area contributed by atoms with E-state index in [0.717, 1.165) is 0 Å². The number of carbonyl (C=O) groups excluding carboxylic acids is 1. The zero-order valence-electron chi connectivity index (χ0n) is 11.2. The van der Waals surface area contributed by atoms with E-state index < -0.39 is 0 Å². The summed E-state index contributed by atoms with van der Waals surface area (Å²) in [5.41, 5.74) is 1.05. The average Bonchev–Trinajstić information content (AvgIpc) is 2.48. The van der Waals surface area contributed by atoms with Crippen molar-refractivity contribution < 1.29 is 19.4 Å². The van der Waals surface area contributed by atoms with Gasteiger partial charge in [-0.15, -0.1) is 0 Å². The van der Waals surface area contributed by atoms with E-state index in [9.17, 15) is 9.90 Å². The molecule has 2 rings (SSSR count). The summed E-state index contributed by atoms with van der Waals surface area (Å²) >= 11 is 0. The fraction of sp³-hybridized carbons (Fsp3) is 0.133. The number of phenolic OH excluding ortho intramolecular Hbond substituents is 1. The number of aromatic hydroxyl groups is 1. The largest absolute Gasteiger partial charge is 0.508 e. The Morgan fingerprint density at radius 1 is 1.00 bits per heavy atom. The smallest absolute Gasteiger partial charge is 0.255 e. The summed E-state index contributed by atoms with van der Waals surface area (Å²) in [4.78, 5) is 12.1. The highest BCUT2D eigenvalue weighted by atomic mass is 16.5. The number of hydrogen-bond donors (Lipinski definition) is 2. The molecule has 0 aliphatic rings. The second-order valence-corrected chi connectivity index (χ2v) is 4.07. The Bertz CT molecular complexity index is 608. The van der Waals surface area contributed by atoms with Crippen LogP contribution in [-0.4, -0.2) is 25.2 Å². The fourth-order valence-electron chi connectivity index (χ4n) is 1.73. The van der Waals surface area contributed by atoms with Gasteiger partial charge in [-0.25, -0.2) is 0 Å². The molecule has 5 heteroatoms. The van der Waals surface area contributed by atoms with E-state index in [2.05, 4.69) is 5.32 Å². The van der Waals surface area contributed by atoms with Crippen LogP contribution in [0.25, 0.3) is 0 Å². The molecule has 0 saturated heterocycles. The highest BCUT2D eigenvalue weighted by molar-refractivity contribution is 6.04. The number of methoxy groups -OCH3 is 2. The van der Waals surface area contributed by atoms with Gasteiger partial charge in [0.2, 0.25) is 0 Å². The van der Waals surface area contributed by atoms with Gasteiger partial charge in [-0.1, -0.05) is 0 Å². The molecule has 0 radical (unpaired) electrons. The van der Waals surface area contributed by atoms with Crippen molar-refractivity contribution in [2.24, 2.45) is 0 Å². The standard InChI is InChI=1S/C15H15NO4/c1-19-13-8-3-10(9-14(13)20-2)15(18)16-11-4-6-12(17)7-5-11/h3-9,17H,1-2H3,(H,16,18). The summed E-state index contributed by atoms with van der Waals surface area (Å²) in [6.07, 6.45) is 0. The molecule has 0 aliphatic carbocycles. The molecule has 0 fully saturated rings. The molecule has 0 heterocycles. The molecule has 2 aromatic rings. The molecule has 0 unspecified atom stereocenters. The van der Waals surface area contributed by atoms with Gasteiger partial charge in [-0.2, -0.15) is 0 Å². The Kier molecular flexibility index (Phi) is 4.10. The van der Waals surface area contributed by atoms with E-state index in [4.69, 9.17) is 9.47 Å². The lowest BCUT2D eigenvalue weighted by molar-refractivity contribution is 0.102. The van der Waals surface area contributed by atoms with E-state index in [1.54, 1.807) is 30.3 Å². The van der Waals surface area contributed by atoms with Crippen LogP contribution in [0.2, 0.25) is 0 Å². The van der Waals surface area contributed by atoms with Crippen LogP contribution in [0.15, 0.2) is 42.5 Å². The molecule has 0 bridgehead atoms. The minimum absolute atomic E-state index is 0.147. The van der Waals surface area contributed by atoms with Gasteiger partial charge < -0.3 is 19.9 Å². The predicted molar refractivity (Wildman–Crippen MR) is 75.6 cm³/mol. The highest BCUT2D eigenvalue weighted by Gasteiger charge is 2.10. The minimum Gasteiger partial charge on any atom is -0.508 e. The fourth-order valence-corrected chi connectivity index (χ4v) is 1.73. The summed E-state index contributed by atoms with van der Waals surface area (Å²) in [6.45, 7) is 0. The Hall–Kier alpha value is -2.69. The molecule has 1 amide bonds. The van der Waals surface area contributed by atoms with Crippen molar-refractivity contribution in [3.63, 3.8) is 0 Å². The van der Waals surface area contributed by atoms with Crippen molar-refractivity contribution in [1.29, 1.82) is 0 Å². The van der Waals surface area contributed by atoms with Gasteiger partial charge in [0.1, 0.15) is 5.75 Å². The summed E-state index contributed by atoms with van der Waals surface area (Å²) in [7, 11) is 3.05. The van der Waals surface area contributed by atoms with Gasteiger partial charge in [0, 0.05) is 11.3 Å². The summed E-state index contributed by atoms with van der Waals surface area (Å²) in [6, 6.07) is 11.2. The van der Waals surface area contributed by atoms with E-state index in [1.165, 1.54) is 26.4 Å². The molecule has 5 nitrogen and oxygen atoms in total. The second kappa shape index (κ2) is 5.97. The van der Waals surface area contributed by atoms with Crippen LogP contribution in [0.5, 0.6) is 17.2 Å². The monoisotopic (exact) mass is 273 g/mol. The number of rotatable bonds is 4. The Morgan fingerprint density at radius 2 is 1.65 bits per heavy atom. The van der Waals surface area contributed by atoms with Crippen LogP contribution in [0.1, 0.15) is 10.4 Å². The SMILES string of the molecule is COc1ccc(C(=O)Nc2ccc(O)cc2)cc1OC. The quantitative estimate of drug-likeness (QED) is 0.840. The number of anilines is 1. The Morgan fingerprint density at radius 3 is 2.25 bits per heavy atom. The first-order valence-corrected chi connectivity index (χ1v) is 5.96. The van der Waals surface area contributed by atoms with Crippen LogP contribution in [-0.2, 0) is 0 Å². The predicted octanol–water partition coefficient (Wildman–Crippen LogP) is 2.66. The number of phenols is 1. The van der Waals surface area contributed by atoms with Crippen molar-refractivity contribution >= 4 is 11.6 Å². The first kappa shape index (κ1) is 13.7. The van der Waals surface area contributed by atoms with E-state index >= 15 is 0 Å². The third kappa shape index (κ3) is 3.00. The van der Waals surface area contributed by atoms with E-state index in [1.807, 2.05) is 0 Å². The van der Waals surface area contributed by atoms with Crippen LogP contribution in [0.3, 0.4) is 0 Å². The number of amides is 1. The zero-order chi connectivity index (χ0) is 14.5. The summed E-state index contributed by atoms with van der Waals surface area (Å²) in [5.74, 6) is 0.935. The maximum atomic E-state index is 12.1. The zero-order valence-corrected chi connectivity index (χ0v) is 11.2. The van der Waals surface area contributed by atoms with Gasteiger partial charge in [0.15, 0.2) is 11.5 Å². The van der Waals surface area contributed by atoms with E-state index in [0.29, 0.717) is 22.7 Å². The third-order valence-electron chi connectivity index (χ3n) is 2.77. The molecule has 2 N–H and O–H groups in total. The van der Waals surface area contributed by atoms with Gasteiger partial charge in [-0.05, 0) is 42.5 Å². The normalized spacial score (nSPS) is 9.90. The number of carbonyl (C=O) groups is 1. The average molecular weight is 273 g/mol. The topological polar surface area (TPSA) is 67.8 Å². The van der Waals surface area contributed by atoms with Crippen molar-refractivity contribution in [3.8, 4) is 17.2 Å². The Balaban J connectivity index is 2.18. The van der Waals surface area contributed by atoms with E-state index in [-0.39, 0.29) is 11.7 Å². The van der Waals surface area contributed by atoms with Crippen LogP contribution in [0, 0.1) is 0 Å². The number of nitrogens with one attached hydrogen (secondary N) is 1. The first-order valence-electron chi connectivity index (χ1n) is 5.96. The maximum absolute atomic E-state index is 12.1. The second-order valence-electron chi connectivity index (χ2n) is 4.07. The molecule has 104 valence electrons. The molecule has 0 aliphatic heterocycles. The van der Waals surface area contributed by atoms with Gasteiger partial charge in [0.05, 0.1) is 14.2 Å². The molecule has 20 heavy (non-hydrogen) atoms. The molecule has 0 aromatic heterocycles. The molecule has 2 aromatic carbocycles. The van der Waals surface area contributed by atoms with Gasteiger partial charge in [-0.3, -0.25) is 4.79 Å². The molecule has 0 saturated carbocycles. The van der Waals surface area contributed by atoms with Crippen molar-refractivity contribution in [3.05, 3.63) is 48.0 Å². The molecular formula is C15H15NO4. The van der Waals surface area contributed by atoms with Gasteiger partial charge >= 0.3 is 0 Å². The van der Waals surface area contributed by atoms with Crippen LogP contribution >= 0.6 is 0 Å². The maximum Gasteiger partial charge on any atom is 0.255 e. The lowest BCUT2D eigenvalue weighted by Gasteiger charge is -2.10. The lowest BCUT2D eigenvalue weighted by Crippen LogP contribution is -2.11. The molecule has 0 spiro atoms. The summed E-state index contributed by atoms with van der Waals surface area (Å²) < 4.78 is 10.3. The number of hydrogen-bond acceptors (Lipinski definition) is 4. The van der Waals surface area contributed by atoms with Crippen LogP contribution < -0.4 is 14.8 Å². The third-order valence-corrected chi connectivity index (χ3v) is 2.77.